The lowest BCUT2D eigenvalue weighted by Crippen LogP contribution is -2.51. The molecule has 2 N–H and O–H groups in total. The van der Waals surface area contributed by atoms with Crippen molar-refractivity contribution in [2.75, 3.05) is 5.75 Å². The summed E-state index contributed by atoms with van der Waals surface area (Å²) >= 11 is 5.87. The zero-order valence-corrected chi connectivity index (χ0v) is 19.0. The average Bonchev–Trinajstić information content (AvgIpc) is 2.77. The van der Waals surface area contributed by atoms with Crippen LogP contribution in [0.2, 0.25) is 5.02 Å². The van der Waals surface area contributed by atoms with Crippen molar-refractivity contribution in [3.8, 4) is 0 Å². The minimum atomic E-state index is -4.29. The van der Waals surface area contributed by atoms with Crippen molar-refractivity contribution in [2.45, 2.75) is 38.8 Å². The lowest BCUT2D eigenvalue weighted by atomic mass is 9.92. The number of hydrogen-bond acceptors (Lipinski definition) is 6. The summed E-state index contributed by atoms with van der Waals surface area (Å²) in [6.45, 7) is 4.81. The Bertz CT molecular complexity index is 1170. The number of benzene rings is 1. The van der Waals surface area contributed by atoms with Crippen LogP contribution in [0.3, 0.4) is 0 Å². The van der Waals surface area contributed by atoms with Gasteiger partial charge in [0.1, 0.15) is 16.7 Å². The van der Waals surface area contributed by atoms with E-state index in [-0.39, 0.29) is 12.0 Å². The summed E-state index contributed by atoms with van der Waals surface area (Å²) in [4.78, 5) is 25.4. The van der Waals surface area contributed by atoms with E-state index in [9.17, 15) is 26.8 Å². The molecule has 0 aliphatic carbocycles. The highest BCUT2D eigenvalue weighted by atomic mass is 35.5. The fraction of sp³-hybridized carbons (Fsp3) is 0.333. The van der Waals surface area contributed by atoms with Crippen LogP contribution in [0, 0.1) is 0 Å². The molecule has 0 radical (unpaired) electrons. The zero-order valence-electron chi connectivity index (χ0n) is 17.5. The number of allylic oxidation sites excluding steroid dienone is 3. The number of nitrogens with one attached hydrogen (secondary N) is 2. The maximum Gasteiger partial charge on any atom is 0.408 e. The summed E-state index contributed by atoms with van der Waals surface area (Å²) in [5.41, 5.74) is -0.792. The summed E-state index contributed by atoms with van der Waals surface area (Å²) in [7, 11) is -4.29. The van der Waals surface area contributed by atoms with Gasteiger partial charge in [0.15, 0.2) is 21.4 Å². The largest absolute Gasteiger partial charge is 0.444 e. The predicted octanol–water partition coefficient (Wildman–Crippen LogP) is 3.62. The Kier molecular flexibility index (Phi) is 6.48. The van der Waals surface area contributed by atoms with Crippen LogP contribution in [0.4, 0.5) is 13.6 Å². The molecular formula is C21H21ClF2N2O5S. The molecule has 1 amide bonds. The van der Waals surface area contributed by atoms with Crippen molar-refractivity contribution in [1.29, 1.82) is 0 Å². The van der Waals surface area contributed by atoms with E-state index in [0.717, 1.165) is 6.08 Å². The third-order valence-corrected chi connectivity index (χ3v) is 6.49. The number of carbonyl (C=O) groups excluding carboxylic acids is 2. The van der Waals surface area contributed by atoms with Crippen molar-refractivity contribution >= 4 is 33.3 Å². The second kappa shape index (κ2) is 8.67. The van der Waals surface area contributed by atoms with Gasteiger partial charge in [-0.05, 0) is 56.5 Å². The van der Waals surface area contributed by atoms with Crippen LogP contribution in [0.5, 0.6) is 0 Å². The summed E-state index contributed by atoms with van der Waals surface area (Å²) in [5, 5.41) is 3.83. The average molecular weight is 487 g/mol. The molecule has 0 bridgehead atoms. The minimum Gasteiger partial charge on any atom is -0.444 e. The lowest BCUT2D eigenvalue weighted by Gasteiger charge is -2.28. The molecule has 0 unspecified atom stereocenters. The molecule has 1 aromatic rings. The molecule has 2 aliphatic rings. The highest BCUT2D eigenvalue weighted by molar-refractivity contribution is 7.95. The molecule has 0 aromatic heterocycles. The molecular weight excluding hydrogens is 466 g/mol. The second-order valence-electron chi connectivity index (χ2n) is 8.31. The Morgan fingerprint density at radius 3 is 2.47 bits per heavy atom. The van der Waals surface area contributed by atoms with E-state index in [0.29, 0.717) is 10.6 Å². The summed E-state index contributed by atoms with van der Waals surface area (Å²) in [6.07, 6.45) is -0.308. The van der Waals surface area contributed by atoms with Crippen molar-refractivity contribution in [3.05, 3.63) is 68.9 Å². The molecule has 1 aromatic carbocycles. The fourth-order valence-electron chi connectivity index (χ4n) is 3.23. The standard InChI is InChI=1S/C21H21ClF2N2O5S/c1-21(2,3)31-20(28)25-15-10-32(29,30)19-16(17(15)27)12(9-14(23)18(24)26-19)8-11-4-6-13(22)7-5-11/h4-7,9,15,26H,8,10H2,1-3H3,(H,25,28)/t15-/m0/s1. The fourth-order valence-corrected chi connectivity index (χ4v) is 4.98. The highest BCUT2D eigenvalue weighted by Gasteiger charge is 2.43. The molecule has 0 saturated carbocycles. The number of hydrogen-bond donors (Lipinski definition) is 2. The summed E-state index contributed by atoms with van der Waals surface area (Å²) < 4.78 is 59.3. The number of sulfone groups is 1. The molecule has 172 valence electrons. The van der Waals surface area contributed by atoms with Crippen LogP contribution >= 0.6 is 11.6 Å². The molecule has 2 aliphatic heterocycles. The van der Waals surface area contributed by atoms with Gasteiger partial charge >= 0.3 is 6.09 Å². The Hall–Kier alpha value is -2.72. The van der Waals surface area contributed by atoms with Crippen molar-refractivity contribution in [2.24, 2.45) is 0 Å². The molecule has 1 atom stereocenters. The second-order valence-corrected chi connectivity index (χ2v) is 10.7. The third kappa shape index (κ3) is 5.36. The maximum absolute atomic E-state index is 14.3. The number of halogens is 3. The van der Waals surface area contributed by atoms with Crippen LogP contribution in [-0.4, -0.2) is 37.7 Å². The molecule has 0 saturated heterocycles. The SMILES string of the molecule is CC(C)(C)OC(=O)N[C@H]1CS(=O)(=O)C2=C(C1=O)C(Cc1ccc(Cl)cc1)=CC(F)=C(F)N2. The smallest absolute Gasteiger partial charge is 0.408 e. The molecule has 2 heterocycles. The van der Waals surface area contributed by atoms with Crippen LogP contribution < -0.4 is 10.6 Å². The van der Waals surface area contributed by atoms with Gasteiger partial charge in [-0.25, -0.2) is 17.6 Å². The molecule has 0 fully saturated rings. The Labute approximate surface area is 189 Å². The third-order valence-electron chi connectivity index (χ3n) is 4.54. The Morgan fingerprint density at radius 1 is 1.25 bits per heavy atom. The van der Waals surface area contributed by atoms with E-state index in [1.807, 2.05) is 5.32 Å². The normalized spacial score (nSPS) is 20.8. The Morgan fingerprint density at radius 2 is 1.88 bits per heavy atom. The van der Waals surface area contributed by atoms with Crippen LogP contribution in [0.1, 0.15) is 26.3 Å². The van der Waals surface area contributed by atoms with Gasteiger partial charge < -0.3 is 15.4 Å². The number of Topliss-reactive ketones (excluding diaryl/α,β-unsaturated/α-hetero) is 1. The first kappa shape index (κ1) is 23.9. The number of amides is 1. The van der Waals surface area contributed by atoms with Gasteiger partial charge in [-0.1, -0.05) is 23.7 Å². The zero-order chi connectivity index (χ0) is 23.8. The van der Waals surface area contributed by atoms with Crippen molar-refractivity contribution < 1.29 is 31.5 Å². The van der Waals surface area contributed by atoms with Gasteiger partial charge in [0.05, 0.1) is 11.3 Å². The monoisotopic (exact) mass is 486 g/mol. The Balaban J connectivity index is 2.04. The molecule has 32 heavy (non-hydrogen) atoms. The molecule has 11 heteroatoms. The summed E-state index contributed by atoms with van der Waals surface area (Å²) in [6, 6.07) is 4.87. The number of ether oxygens (including phenoxy) is 1. The summed E-state index contributed by atoms with van der Waals surface area (Å²) in [5.74, 6) is -4.53. The van der Waals surface area contributed by atoms with Gasteiger partial charge in [0.2, 0.25) is 5.95 Å². The first-order chi connectivity index (χ1) is 14.8. The van der Waals surface area contributed by atoms with Gasteiger partial charge in [-0.3, -0.25) is 4.79 Å². The van der Waals surface area contributed by atoms with E-state index in [4.69, 9.17) is 16.3 Å². The number of carbonyl (C=O) groups is 2. The minimum absolute atomic E-state index is 0.0655. The molecule has 3 rings (SSSR count). The van der Waals surface area contributed by atoms with E-state index in [1.54, 1.807) is 45.0 Å². The van der Waals surface area contributed by atoms with Gasteiger partial charge in [-0.15, -0.1) is 0 Å². The van der Waals surface area contributed by atoms with Gasteiger partial charge in [-0.2, -0.15) is 4.39 Å². The molecule has 0 spiro atoms. The van der Waals surface area contributed by atoms with E-state index >= 15 is 0 Å². The van der Waals surface area contributed by atoms with Gasteiger partial charge in [0.25, 0.3) is 0 Å². The van der Waals surface area contributed by atoms with E-state index in [1.165, 1.54) is 0 Å². The van der Waals surface area contributed by atoms with Crippen molar-refractivity contribution in [1.82, 2.24) is 10.6 Å². The lowest BCUT2D eigenvalue weighted by molar-refractivity contribution is -0.117. The first-order valence-corrected chi connectivity index (χ1v) is 11.6. The van der Waals surface area contributed by atoms with Crippen LogP contribution in [0.15, 0.2) is 58.3 Å². The number of rotatable bonds is 3. The maximum atomic E-state index is 14.3. The number of ketones is 1. The van der Waals surface area contributed by atoms with E-state index < -0.39 is 61.5 Å². The van der Waals surface area contributed by atoms with Gasteiger partial charge in [0, 0.05) is 5.02 Å². The first-order valence-electron chi connectivity index (χ1n) is 9.55. The van der Waals surface area contributed by atoms with Crippen LogP contribution in [-0.2, 0) is 25.8 Å². The topological polar surface area (TPSA) is 102 Å². The van der Waals surface area contributed by atoms with Crippen molar-refractivity contribution in [3.63, 3.8) is 0 Å². The van der Waals surface area contributed by atoms with E-state index in [2.05, 4.69) is 5.32 Å². The van der Waals surface area contributed by atoms with Crippen LogP contribution in [0.25, 0.3) is 0 Å². The quantitative estimate of drug-likeness (QED) is 0.633. The molecule has 7 nitrogen and oxygen atoms in total. The highest BCUT2D eigenvalue weighted by Crippen LogP contribution is 2.33. The number of alkyl carbamates (subject to hydrolysis) is 1. The predicted molar refractivity (Wildman–Crippen MR) is 115 cm³/mol.